The number of hydrogen-bond acceptors (Lipinski definition) is 2. The molecule has 1 rings (SSSR count). The highest BCUT2D eigenvalue weighted by Gasteiger charge is 1.94. The molecule has 2 nitrogen and oxygen atoms in total. The molecule has 1 aromatic heterocycles. The first kappa shape index (κ1) is 9.33. The Kier molecular flexibility index (Phi) is 3.35. The number of pyridine rings is 1. The van der Waals surface area contributed by atoms with Gasteiger partial charge in [0.1, 0.15) is 0 Å². The summed E-state index contributed by atoms with van der Waals surface area (Å²) in [6.07, 6.45) is 0. The fraction of sp³-hybridized carbons (Fsp3) is 0.444. The first-order valence-corrected chi connectivity index (χ1v) is 4.51. The van der Waals surface area contributed by atoms with Crippen LogP contribution in [0.2, 0.25) is 0 Å². The summed E-state index contributed by atoms with van der Waals surface area (Å²) in [7, 11) is 0. The van der Waals surface area contributed by atoms with Gasteiger partial charge in [-0.25, -0.2) is 0 Å². The standard InChI is InChI=1S/C9H13ClN2/c1-7-5-9(11-4-3-10)6-8(2)12-7/h5-6H,3-4H2,1-2H3,(H,11,12). The zero-order chi connectivity index (χ0) is 8.97. The molecular formula is C9H13ClN2. The summed E-state index contributed by atoms with van der Waals surface area (Å²) in [5.41, 5.74) is 3.17. The predicted molar refractivity (Wildman–Crippen MR) is 52.9 cm³/mol. The number of nitrogens with zero attached hydrogens (tertiary/aromatic N) is 1. The SMILES string of the molecule is Cc1cc(NCCCl)cc(C)n1. The van der Waals surface area contributed by atoms with Crippen LogP contribution >= 0.6 is 11.6 Å². The number of aryl methyl sites for hydroxylation is 2. The number of alkyl halides is 1. The summed E-state index contributed by atoms with van der Waals surface area (Å²) < 4.78 is 0. The van der Waals surface area contributed by atoms with Gasteiger partial charge in [-0.3, -0.25) is 4.98 Å². The van der Waals surface area contributed by atoms with E-state index in [1.54, 1.807) is 0 Å². The summed E-state index contributed by atoms with van der Waals surface area (Å²) in [5, 5.41) is 3.20. The molecule has 0 bridgehead atoms. The number of halogens is 1. The van der Waals surface area contributed by atoms with Crippen LogP contribution in [0.5, 0.6) is 0 Å². The van der Waals surface area contributed by atoms with Gasteiger partial charge in [-0.05, 0) is 26.0 Å². The summed E-state index contributed by atoms with van der Waals surface area (Å²) in [6.45, 7) is 4.77. The normalized spacial score (nSPS) is 9.92. The van der Waals surface area contributed by atoms with Crippen molar-refractivity contribution in [1.29, 1.82) is 0 Å². The first-order chi connectivity index (χ1) is 5.72. The summed E-state index contributed by atoms with van der Waals surface area (Å²) in [4.78, 5) is 4.27. The minimum Gasteiger partial charge on any atom is -0.384 e. The van der Waals surface area contributed by atoms with Gasteiger partial charge in [0.25, 0.3) is 0 Å². The van der Waals surface area contributed by atoms with Crippen LogP contribution in [-0.4, -0.2) is 17.4 Å². The zero-order valence-corrected chi connectivity index (χ0v) is 8.15. The maximum absolute atomic E-state index is 5.55. The van der Waals surface area contributed by atoms with E-state index in [4.69, 9.17) is 11.6 Å². The third-order valence-corrected chi connectivity index (χ3v) is 1.69. The van der Waals surface area contributed by atoms with Gasteiger partial charge in [0.15, 0.2) is 0 Å². The Labute approximate surface area is 78.0 Å². The van der Waals surface area contributed by atoms with Gasteiger partial charge in [-0.2, -0.15) is 0 Å². The molecule has 66 valence electrons. The van der Waals surface area contributed by atoms with Crippen molar-refractivity contribution in [1.82, 2.24) is 4.98 Å². The van der Waals surface area contributed by atoms with Crippen molar-refractivity contribution in [2.45, 2.75) is 13.8 Å². The molecule has 0 spiro atoms. The van der Waals surface area contributed by atoms with Gasteiger partial charge in [0, 0.05) is 29.5 Å². The highest BCUT2D eigenvalue weighted by molar-refractivity contribution is 6.18. The van der Waals surface area contributed by atoms with Crippen LogP contribution in [-0.2, 0) is 0 Å². The van der Waals surface area contributed by atoms with Crippen LogP contribution in [0.3, 0.4) is 0 Å². The van der Waals surface area contributed by atoms with Gasteiger partial charge < -0.3 is 5.32 Å². The van der Waals surface area contributed by atoms with E-state index in [-0.39, 0.29) is 0 Å². The average molecular weight is 185 g/mol. The van der Waals surface area contributed by atoms with Gasteiger partial charge in [0.2, 0.25) is 0 Å². The van der Waals surface area contributed by atoms with Crippen molar-refractivity contribution in [2.75, 3.05) is 17.7 Å². The number of hydrogen-bond donors (Lipinski definition) is 1. The highest BCUT2D eigenvalue weighted by atomic mass is 35.5. The maximum atomic E-state index is 5.55. The molecule has 0 fully saturated rings. The Morgan fingerprint density at radius 3 is 2.42 bits per heavy atom. The monoisotopic (exact) mass is 184 g/mol. The topological polar surface area (TPSA) is 24.9 Å². The Morgan fingerprint density at radius 1 is 1.33 bits per heavy atom. The van der Waals surface area contributed by atoms with E-state index in [9.17, 15) is 0 Å². The summed E-state index contributed by atoms with van der Waals surface area (Å²) >= 11 is 5.55. The molecule has 0 saturated heterocycles. The smallest absolute Gasteiger partial charge is 0.0396 e. The minimum atomic E-state index is 0.625. The fourth-order valence-electron chi connectivity index (χ4n) is 1.13. The van der Waals surface area contributed by atoms with Gasteiger partial charge >= 0.3 is 0 Å². The molecular weight excluding hydrogens is 172 g/mol. The van der Waals surface area contributed by atoms with Crippen LogP contribution in [0.25, 0.3) is 0 Å². The molecule has 0 unspecified atom stereocenters. The van der Waals surface area contributed by atoms with E-state index in [0.717, 1.165) is 23.6 Å². The van der Waals surface area contributed by atoms with Crippen LogP contribution in [0, 0.1) is 13.8 Å². The molecule has 1 aromatic rings. The fourth-order valence-corrected chi connectivity index (χ4v) is 1.22. The third kappa shape index (κ3) is 2.70. The molecule has 1 N–H and O–H groups in total. The lowest BCUT2D eigenvalue weighted by molar-refractivity contribution is 1.11. The Balaban J connectivity index is 2.72. The summed E-state index contributed by atoms with van der Waals surface area (Å²) in [6, 6.07) is 4.03. The van der Waals surface area contributed by atoms with Crippen LogP contribution < -0.4 is 5.32 Å². The van der Waals surface area contributed by atoms with Crippen molar-refractivity contribution in [2.24, 2.45) is 0 Å². The molecule has 0 saturated carbocycles. The van der Waals surface area contributed by atoms with E-state index in [1.165, 1.54) is 0 Å². The maximum Gasteiger partial charge on any atom is 0.0396 e. The largest absolute Gasteiger partial charge is 0.384 e. The molecule has 0 aliphatic rings. The Bertz CT molecular complexity index is 240. The van der Waals surface area contributed by atoms with Crippen molar-refractivity contribution in [3.63, 3.8) is 0 Å². The van der Waals surface area contributed by atoms with Crippen molar-refractivity contribution in [3.8, 4) is 0 Å². The van der Waals surface area contributed by atoms with E-state index < -0.39 is 0 Å². The number of aromatic nitrogens is 1. The molecule has 1 heterocycles. The molecule has 0 aliphatic heterocycles. The Morgan fingerprint density at radius 2 is 1.92 bits per heavy atom. The molecule has 0 amide bonds. The average Bonchev–Trinajstić information content (AvgIpc) is 1.99. The van der Waals surface area contributed by atoms with Crippen molar-refractivity contribution >= 4 is 17.3 Å². The molecule has 0 aromatic carbocycles. The number of anilines is 1. The van der Waals surface area contributed by atoms with E-state index in [1.807, 2.05) is 26.0 Å². The van der Waals surface area contributed by atoms with E-state index in [0.29, 0.717) is 5.88 Å². The lowest BCUT2D eigenvalue weighted by Crippen LogP contribution is -2.03. The van der Waals surface area contributed by atoms with Crippen LogP contribution in [0.15, 0.2) is 12.1 Å². The van der Waals surface area contributed by atoms with Crippen LogP contribution in [0.1, 0.15) is 11.4 Å². The van der Waals surface area contributed by atoms with Crippen molar-refractivity contribution < 1.29 is 0 Å². The van der Waals surface area contributed by atoms with Gasteiger partial charge in [-0.15, -0.1) is 11.6 Å². The lowest BCUT2D eigenvalue weighted by Gasteiger charge is -2.05. The molecule has 0 radical (unpaired) electrons. The first-order valence-electron chi connectivity index (χ1n) is 3.97. The number of rotatable bonds is 3. The van der Waals surface area contributed by atoms with Crippen molar-refractivity contribution in [3.05, 3.63) is 23.5 Å². The quantitative estimate of drug-likeness (QED) is 0.730. The lowest BCUT2D eigenvalue weighted by atomic mass is 10.3. The molecule has 0 atom stereocenters. The minimum absolute atomic E-state index is 0.625. The zero-order valence-electron chi connectivity index (χ0n) is 7.39. The van der Waals surface area contributed by atoms with E-state index >= 15 is 0 Å². The highest BCUT2D eigenvalue weighted by Crippen LogP contribution is 2.09. The van der Waals surface area contributed by atoms with Gasteiger partial charge in [0.05, 0.1) is 0 Å². The predicted octanol–water partition coefficient (Wildman–Crippen LogP) is 2.35. The molecule has 0 aliphatic carbocycles. The second-order valence-electron chi connectivity index (χ2n) is 2.75. The summed E-state index contributed by atoms with van der Waals surface area (Å²) in [5.74, 6) is 0.625. The van der Waals surface area contributed by atoms with Crippen LogP contribution in [0.4, 0.5) is 5.69 Å². The second kappa shape index (κ2) is 4.31. The van der Waals surface area contributed by atoms with Gasteiger partial charge in [-0.1, -0.05) is 0 Å². The molecule has 12 heavy (non-hydrogen) atoms. The Hall–Kier alpha value is -0.760. The van der Waals surface area contributed by atoms with E-state index in [2.05, 4.69) is 10.3 Å². The number of nitrogens with one attached hydrogen (secondary N) is 1. The third-order valence-electron chi connectivity index (χ3n) is 1.51. The second-order valence-corrected chi connectivity index (χ2v) is 3.13. The molecule has 3 heteroatoms.